The molecule has 5 rings (SSSR count). The SMILES string of the molecule is CCn1cc(C(=O)O)c(=O)c2cc(F)c(N3CCN(c4nnc(-c5ccc([N+](=O)[O-])s5)s4)CC3)nc21. The highest BCUT2D eigenvalue weighted by Gasteiger charge is 2.26. The van der Waals surface area contributed by atoms with Crippen LogP contribution in [0.5, 0.6) is 0 Å². The van der Waals surface area contributed by atoms with Crippen LogP contribution >= 0.6 is 22.7 Å². The van der Waals surface area contributed by atoms with Gasteiger partial charge < -0.3 is 19.5 Å². The number of carbonyl (C=O) groups is 1. The number of aryl methyl sites for hydroxylation is 1. The quantitative estimate of drug-likeness (QED) is 0.291. The zero-order chi connectivity index (χ0) is 25.6. The number of hydrogen-bond acceptors (Lipinski definition) is 11. The molecule has 0 radical (unpaired) electrons. The standard InChI is InChI=1S/C21H18FN7O5S2/c1-2-26-10-12(20(31)32)16(30)11-9-13(22)18(23-17(11)26)27-5-7-28(8-6-27)21-25-24-19(36-21)14-3-4-15(35-14)29(33)34/h3-4,9-10H,2,5-8H2,1H3,(H,31,32). The highest BCUT2D eigenvalue weighted by atomic mass is 32.1. The van der Waals surface area contributed by atoms with E-state index in [9.17, 15) is 24.8 Å². The summed E-state index contributed by atoms with van der Waals surface area (Å²) in [5.74, 6) is -1.98. The molecule has 12 nitrogen and oxygen atoms in total. The second kappa shape index (κ2) is 9.23. The minimum absolute atomic E-state index is 0.0351. The Hall–Kier alpha value is -3.98. The van der Waals surface area contributed by atoms with Crippen molar-refractivity contribution in [2.24, 2.45) is 0 Å². The second-order valence-corrected chi connectivity index (χ2v) is 9.91. The summed E-state index contributed by atoms with van der Waals surface area (Å²) in [5, 5.41) is 29.8. The minimum Gasteiger partial charge on any atom is -0.477 e. The number of nitro groups is 1. The van der Waals surface area contributed by atoms with Gasteiger partial charge >= 0.3 is 11.0 Å². The van der Waals surface area contributed by atoms with E-state index in [-0.39, 0.29) is 21.9 Å². The van der Waals surface area contributed by atoms with E-state index in [0.29, 0.717) is 47.7 Å². The number of thiophene rings is 1. The Bertz CT molecular complexity index is 1560. The number of hydrogen-bond donors (Lipinski definition) is 1. The van der Waals surface area contributed by atoms with Crippen molar-refractivity contribution < 1.29 is 19.2 Å². The number of fused-ring (bicyclic) bond motifs is 1. The fraction of sp³-hybridized carbons (Fsp3) is 0.286. The summed E-state index contributed by atoms with van der Waals surface area (Å²) in [4.78, 5) is 43.3. The Balaban J connectivity index is 1.36. The molecule has 4 aromatic rings. The van der Waals surface area contributed by atoms with Crippen molar-refractivity contribution in [3.8, 4) is 9.88 Å². The molecule has 4 aromatic heterocycles. The Morgan fingerprint density at radius 1 is 1.19 bits per heavy atom. The molecule has 1 aliphatic rings. The van der Waals surface area contributed by atoms with Gasteiger partial charge in [-0.1, -0.05) is 22.7 Å². The van der Waals surface area contributed by atoms with Gasteiger partial charge in [0.2, 0.25) is 10.6 Å². The van der Waals surface area contributed by atoms with Gasteiger partial charge in [-0.2, -0.15) is 0 Å². The molecule has 36 heavy (non-hydrogen) atoms. The summed E-state index contributed by atoms with van der Waals surface area (Å²) in [6.07, 6.45) is 1.23. The molecule has 5 heterocycles. The number of carboxylic acid groups (broad SMARTS) is 1. The van der Waals surface area contributed by atoms with Crippen LogP contribution in [0, 0.1) is 15.9 Å². The number of anilines is 2. The lowest BCUT2D eigenvalue weighted by Gasteiger charge is -2.35. The third-order valence-electron chi connectivity index (χ3n) is 5.80. The molecule has 0 unspecified atom stereocenters. The first-order valence-electron chi connectivity index (χ1n) is 10.8. The molecule has 15 heteroatoms. The molecule has 0 spiro atoms. The van der Waals surface area contributed by atoms with E-state index in [1.807, 2.05) is 4.90 Å². The number of carboxylic acids is 1. The van der Waals surface area contributed by atoms with E-state index in [1.165, 1.54) is 28.2 Å². The molecule has 1 N–H and O–H groups in total. The third kappa shape index (κ3) is 4.15. The molecule has 0 saturated carbocycles. The molecular formula is C21H18FN7O5S2. The van der Waals surface area contributed by atoms with Crippen molar-refractivity contribution in [3.63, 3.8) is 0 Å². The van der Waals surface area contributed by atoms with E-state index in [2.05, 4.69) is 15.2 Å². The first-order valence-corrected chi connectivity index (χ1v) is 12.4. The zero-order valence-corrected chi connectivity index (χ0v) is 20.4. The van der Waals surface area contributed by atoms with Crippen molar-refractivity contribution >= 4 is 55.6 Å². The van der Waals surface area contributed by atoms with Gasteiger partial charge in [-0.15, -0.1) is 10.2 Å². The molecule has 1 aliphatic heterocycles. The van der Waals surface area contributed by atoms with E-state index in [0.717, 1.165) is 17.4 Å². The average molecular weight is 532 g/mol. The highest BCUT2D eigenvalue weighted by Crippen LogP contribution is 2.36. The minimum atomic E-state index is -1.37. The van der Waals surface area contributed by atoms with Crippen molar-refractivity contribution in [2.45, 2.75) is 13.5 Å². The highest BCUT2D eigenvalue weighted by molar-refractivity contribution is 7.24. The topological polar surface area (TPSA) is 148 Å². The maximum Gasteiger partial charge on any atom is 0.341 e. The summed E-state index contributed by atoms with van der Waals surface area (Å²) < 4.78 is 16.6. The molecule has 1 fully saturated rings. The lowest BCUT2D eigenvalue weighted by Crippen LogP contribution is -2.47. The van der Waals surface area contributed by atoms with Crippen LogP contribution in [0.2, 0.25) is 0 Å². The third-order valence-corrected chi connectivity index (χ3v) is 7.99. The summed E-state index contributed by atoms with van der Waals surface area (Å²) in [5.41, 5.74) is -0.973. The van der Waals surface area contributed by atoms with Crippen molar-refractivity contribution in [1.82, 2.24) is 19.7 Å². The summed E-state index contributed by atoms with van der Waals surface area (Å²) >= 11 is 2.36. The van der Waals surface area contributed by atoms with Gasteiger partial charge in [-0.05, 0) is 19.1 Å². The van der Waals surface area contributed by atoms with E-state index in [1.54, 1.807) is 17.9 Å². The monoisotopic (exact) mass is 531 g/mol. The van der Waals surface area contributed by atoms with E-state index in [4.69, 9.17) is 0 Å². The summed E-state index contributed by atoms with van der Waals surface area (Å²) in [7, 11) is 0. The number of aromatic nitrogens is 4. The van der Waals surface area contributed by atoms with Crippen molar-refractivity contribution in [3.05, 3.63) is 56.1 Å². The van der Waals surface area contributed by atoms with Gasteiger partial charge in [0.05, 0.1) is 15.2 Å². The van der Waals surface area contributed by atoms with Gasteiger partial charge in [-0.3, -0.25) is 14.9 Å². The summed E-state index contributed by atoms with van der Waals surface area (Å²) in [6.45, 7) is 4.02. The summed E-state index contributed by atoms with van der Waals surface area (Å²) in [6, 6.07) is 4.14. The van der Waals surface area contributed by atoms with Crippen LogP contribution in [-0.2, 0) is 6.54 Å². The normalized spacial score (nSPS) is 13.9. The van der Waals surface area contributed by atoms with Crippen LogP contribution in [0.4, 0.5) is 20.3 Å². The van der Waals surface area contributed by atoms with Crippen LogP contribution in [0.15, 0.2) is 29.2 Å². The Morgan fingerprint density at radius 3 is 2.56 bits per heavy atom. The Kier molecular flexibility index (Phi) is 6.09. The van der Waals surface area contributed by atoms with Gasteiger partial charge in [0.25, 0.3) is 0 Å². The second-order valence-electron chi connectivity index (χ2n) is 7.89. The van der Waals surface area contributed by atoms with Gasteiger partial charge in [0.1, 0.15) is 11.2 Å². The molecule has 0 bridgehead atoms. The number of piperazine rings is 1. The maximum atomic E-state index is 15.0. The van der Waals surface area contributed by atoms with E-state index < -0.39 is 27.7 Å². The first-order chi connectivity index (χ1) is 17.3. The largest absolute Gasteiger partial charge is 0.477 e. The van der Waals surface area contributed by atoms with Crippen LogP contribution < -0.4 is 15.2 Å². The lowest BCUT2D eigenvalue weighted by molar-refractivity contribution is -0.380. The molecule has 0 aromatic carbocycles. The smallest absolute Gasteiger partial charge is 0.341 e. The fourth-order valence-corrected chi connectivity index (χ4v) is 5.75. The van der Waals surface area contributed by atoms with Crippen molar-refractivity contribution in [1.29, 1.82) is 0 Å². The molecular weight excluding hydrogens is 513 g/mol. The number of halogens is 1. The van der Waals surface area contributed by atoms with Gasteiger partial charge in [0, 0.05) is 45.0 Å². The predicted molar refractivity (Wildman–Crippen MR) is 133 cm³/mol. The Morgan fingerprint density at radius 2 is 1.92 bits per heavy atom. The van der Waals surface area contributed by atoms with Gasteiger partial charge in [0.15, 0.2) is 16.6 Å². The molecule has 186 valence electrons. The predicted octanol–water partition coefficient (Wildman–Crippen LogP) is 3.07. The molecule has 0 amide bonds. The number of nitrogens with zero attached hydrogens (tertiary/aromatic N) is 7. The van der Waals surface area contributed by atoms with Crippen LogP contribution in [0.1, 0.15) is 17.3 Å². The number of pyridine rings is 2. The van der Waals surface area contributed by atoms with Gasteiger partial charge in [-0.25, -0.2) is 14.2 Å². The lowest BCUT2D eigenvalue weighted by atomic mass is 10.2. The van der Waals surface area contributed by atoms with Crippen LogP contribution in [0.3, 0.4) is 0 Å². The molecule has 0 atom stereocenters. The average Bonchev–Trinajstić information content (AvgIpc) is 3.54. The first kappa shape index (κ1) is 23.7. The number of aromatic carboxylic acids is 1. The fourth-order valence-electron chi connectivity index (χ4n) is 3.98. The van der Waals surface area contributed by atoms with E-state index >= 15 is 4.39 Å². The van der Waals surface area contributed by atoms with Crippen LogP contribution in [-0.4, -0.2) is 61.9 Å². The molecule has 1 saturated heterocycles. The maximum absolute atomic E-state index is 15.0. The van der Waals surface area contributed by atoms with Crippen molar-refractivity contribution in [2.75, 3.05) is 36.0 Å². The molecule has 0 aliphatic carbocycles. The number of rotatable bonds is 6. The zero-order valence-electron chi connectivity index (χ0n) is 18.8. The van der Waals surface area contributed by atoms with Crippen LogP contribution in [0.25, 0.3) is 20.9 Å². The Labute approximate surface area is 210 Å².